The Balaban J connectivity index is 3.31. The number of hydrogen-bond donors (Lipinski definition) is 2. The third-order valence-electron chi connectivity index (χ3n) is 1.91. The van der Waals surface area contributed by atoms with Crippen molar-refractivity contribution >= 4 is 34.8 Å². The lowest BCUT2D eigenvalue weighted by Crippen LogP contribution is -2.28. The molecule has 0 radical (unpaired) electrons. The zero-order valence-corrected chi connectivity index (χ0v) is 8.65. The molecule has 0 saturated heterocycles. The third-order valence-corrected chi connectivity index (χ3v) is 2.73. The molecule has 1 aliphatic carbocycles. The molecule has 0 aromatic carbocycles. The van der Waals surface area contributed by atoms with Crippen LogP contribution in [-0.4, -0.2) is 24.7 Å². The van der Waals surface area contributed by atoms with Crippen molar-refractivity contribution in [2.75, 3.05) is 13.1 Å². The predicted octanol–water partition coefficient (Wildman–Crippen LogP) is 0.0414. The summed E-state index contributed by atoms with van der Waals surface area (Å²) in [7, 11) is 0. The van der Waals surface area contributed by atoms with Gasteiger partial charge < -0.3 is 11.5 Å². The number of nitrogens with two attached hydrogens (primary N) is 2. The highest BCUT2D eigenvalue weighted by Crippen LogP contribution is 2.28. The fraction of sp³-hybridized carbons (Fsp3) is 0.250. The minimum absolute atomic E-state index is 0.0719. The van der Waals surface area contributed by atoms with Gasteiger partial charge in [0.05, 0.1) is 0 Å². The number of carbonyl (C=O) groups excluding carboxylic acids is 2. The number of Topliss-reactive ketones (excluding diaryl/α,β-unsaturated/α-hetero) is 2. The van der Waals surface area contributed by atoms with E-state index in [4.69, 9.17) is 34.7 Å². The maximum atomic E-state index is 11.5. The van der Waals surface area contributed by atoms with Gasteiger partial charge in [0.1, 0.15) is 10.1 Å². The minimum atomic E-state index is -0.515. The van der Waals surface area contributed by atoms with Gasteiger partial charge in [-0.3, -0.25) is 9.59 Å². The zero-order chi connectivity index (χ0) is 10.9. The van der Waals surface area contributed by atoms with E-state index in [-0.39, 0.29) is 34.3 Å². The molecule has 1 aliphatic rings. The van der Waals surface area contributed by atoms with Crippen LogP contribution in [0.3, 0.4) is 0 Å². The normalized spacial score (nSPS) is 18.3. The van der Waals surface area contributed by atoms with E-state index >= 15 is 0 Å². The van der Waals surface area contributed by atoms with Crippen LogP contribution in [0.2, 0.25) is 0 Å². The summed E-state index contributed by atoms with van der Waals surface area (Å²) >= 11 is 11.1. The first-order chi connectivity index (χ1) is 6.54. The van der Waals surface area contributed by atoms with Crippen LogP contribution < -0.4 is 11.5 Å². The van der Waals surface area contributed by atoms with Gasteiger partial charge in [0.15, 0.2) is 0 Å². The largest absolute Gasteiger partial charge is 0.326 e. The Morgan fingerprint density at radius 2 is 1.14 bits per heavy atom. The lowest BCUT2D eigenvalue weighted by molar-refractivity contribution is -0.115. The van der Waals surface area contributed by atoms with Gasteiger partial charge in [0.25, 0.3) is 0 Å². The van der Waals surface area contributed by atoms with E-state index in [1.54, 1.807) is 0 Å². The van der Waals surface area contributed by atoms with Crippen molar-refractivity contribution in [1.82, 2.24) is 0 Å². The molecule has 0 aromatic heterocycles. The highest BCUT2D eigenvalue weighted by atomic mass is 35.5. The molecule has 0 aliphatic heterocycles. The van der Waals surface area contributed by atoms with Crippen LogP contribution in [0.5, 0.6) is 0 Å². The molecule has 0 fully saturated rings. The third kappa shape index (κ3) is 1.62. The zero-order valence-electron chi connectivity index (χ0n) is 7.14. The monoisotopic (exact) mass is 234 g/mol. The standard InChI is InChI=1S/C8H8Cl2N2O2/c9-5-6(10)8(14)4(2-12)3(1-11)7(5)13/h1-2,11-12H2. The van der Waals surface area contributed by atoms with Gasteiger partial charge in [0, 0.05) is 24.2 Å². The van der Waals surface area contributed by atoms with Crippen molar-refractivity contribution in [1.29, 1.82) is 0 Å². The Morgan fingerprint density at radius 1 is 0.857 bits per heavy atom. The number of allylic oxidation sites excluding steroid dienone is 2. The van der Waals surface area contributed by atoms with Gasteiger partial charge in [-0.2, -0.15) is 0 Å². The molecule has 76 valence electrons. The van der Waals surface area contributed by atoms with E-state index < -0.39 is 11.6 Å². The van der Waals surface area contributed by atoms with E-state index in [1.807, 2.05) is 0 Å². The molecule has 4 N–H and O–H groups in total. The minimum Gasteiger partial charge on any atom is -0.326 e. The highest BCUT2D eigenvalue weighted by molar-refractivity contribution is 6.59. The molecule has 0 aromatic rings. The van der Waals surface area contributed by atoms with Crippen LogP contribution in [0.4, 0.5) is 0 Å². The molecule has 6 heteroatoms. The van der Waals surface area contributed by atoms with Gasteiger partial charge in [-0.05, 0) is 0 Å². The Kier molecular flexibility index (Phi) is 3.44. The number of ketones is 2. The topological polar surface area (TPSA) is 86.2 Å². The van der Waals surface area contributed by atoms with E-state index in [2.05, 4.69) is 0 Å². The summed E-state index contributed by atoms with van der Waals surface area (Å²) in [4.78, 5) is 22.9. The van der Waals surface area contributed by atoms with E-state index in [0.717, 1.165) is 0 Å². The second-order valence-electron chi connectivity index (χ2n) is 2.65. The Morgan fingerprint density at radius 3 is 1.36 bits per heavy atom. The van der Waals surface area contributed by atoms with E-state index in [1.165, 1.54) is 0 Å². The molecule has 0 spiro atoms. The SMILES string of the molecule is NCC1=C(CN)C(=O)C(Cl)=C(Cl)C1=O. The molecule has 0 saturated carbocycles. The molecule has 0 amide bonds. The molecule has 0 heterocycles. The number of carbonyl (C=O) groups is 2. The van der Waals surface area contributed by atoms with Gasteiger partial charge in [-0.25, -0.2) is 0 Å². The fourth-order valence-corrected chi connectivity index (χ4v) is 1.57. The summed E-state index contributed by atoms with van der Waals surface area (Å²) in [5, 5.41) is -0.566. The quantitative estimate of drug-likeness (QED) is 0.661. The molecule has 0 bridgehead atoms. The van der Waals surface area contributed by atoms with Crippen LogP contribution in [0.1, 0.15) is 0 Å². The molecule has 0 unspecified atom stereocenters. The van der Waals surface area contributed by atoms with Crippen molar-refractivity contribution in [3.8, 4) is 0 Å². The average molecular weight is 235 g/mol. The summed E-state index contributed by atoms with van der Waals surface area (Å²) in [6.07, 6.45) is 0. The van der Waals surface area contributed by atoms with Crippen molar-refractivity contribution < 1.29 is 9.59 Å². The summed E-state index contributed by atoms with van der Waals surface area (Å²) in [5.74, 6) is -1.03. The van der Waals surface area contributed by atoms with Gasteiger partial charge in [-0.1, -0.05) is 23.2 Å². The first-order valence-electron chi connectivity index (χ1n) is 3.81. The summed E-state index contributed by atoms with van der Waals surface area (Å²) in [5.41, 5.74) is 10.9. The molecule has 0 atom stereocenters. The fourth-order valence-electron chi connectivity index (χ4n) is 1.17. The second-order valence-corrected chi connectivity index (χ2v) is 3.41. The van der Waals surface area contributed by atoms with Crippen LogP contribution in [-0.2, 0) is 9.59 Å². The van der Waals surface area contributed by atoms with Crippen LogP contribution in [0.25, 0.3) is 0 Å². The van der Waals surface area contributed by atoms with Gasteiger partial charge >= 0.3 is 0 Å². The van der Waals surface area contributed by atoms with E-state index in [9.17, 15) is 9.59 Å². The first-order valence-corrected chi connectivity index (χ1v) is 4.57. The van der Waals surface area contributed by atoms with Gasteiger partial charge in [-0.15, -0.1) is 0 Å². The maximum absolute atomic E-state index is 11.5. The number of rotatable bonds is 2. The van der Waals surface area contributed by atoms with Crippen LogP contribution in [0.15, 0.2) is 21.2 Å². The summed E-state index contributed by atoms with van der Waals surface area (Å²) in [6, 6.07) is 0. The lowest BCUT2D eigenvalue weighted by Gasteiger charge is -2.15. The van der Waals surface area contributed by atoms with Crippen LogP contribution in [0, 0.1) is 0 Å². The Bertz CT molecular complexity index is 338. The van der Waals surface area contributed by atoms with Crippen molar-refractivity contribution in [3.05, 3.63) is 21.2 Å². The average Bonchev–Trinajstić information content (AvgIpc) is 2.20. The number of hydrogen-bond acceptors (Lipinski definition) is 4. The predicted molar refractivity (Wildman–Crippen MR) is 53.9 cm³/mol. The molecule has 4 nitrogen and oxygen atoms in total. The van der Waals surface area contributed by atoms with Gasteiger partial charge in [0.2, 0.25) is 11.6 Å². The second kappa shape index (κ2) is 4.23. The molecule has 1 rings (SSSR count). The lowest BCUT2D eigenvalue weighted by atomic mass is 9.94. The molecular weight excluding hydrogens is 227 g/mol. The summed E-state index contributed by atoms with van der Waals surface area (Å²) < 4.78 is 0. The van der Waals surface area contributed by atoms with Crippen molar-refractivity contribution in [3.63, 3.8) is 0 Å². The Labute approximate surface area is 90.5 Å². The van der Waals surface area contributed by atoms with E-state index in [0.29, 0.717) is 0 Å². The first kappa shape index (κ1) is 11.4. The maximum Gasteiger partial charge on any atom is 0.203 e. The van der Waals surface area contributed by atoms with Crippen molar-refractivity contribution in [2.24, 2.45) is 11.5 Å². The summed E-state index contributed by atoms with van der Waals surface area (Å²) in [6.45, 7) is -0.144. The smallest absolute Gasteiger partial charge is 0.203 e. The molecular formula is C8H8Cl2N2O2. The van der Waals surface area contributed by atoms with Crippen LogP contribution >= 0.6 is 23.2 Å². The Hall–Kier alpha value is -0.680. The molecule has 14 heavy (non-hydrogen) atoms. The highest BCUT2D eigenvalue weighted by Gasteiger charge is 2.31. The van der Waals surface area contributed by atoms with Crippen molar-refractivity contribution in [2.45, 2.75) is 0 Å². The number of halogens is 2.